The molecule has 0 radical (unpaired) electrons. The number of fused-ring (bicyclic) bond motifs is 1. The molecular formula is C27H32N2O3. The van der Waals surface area contributed by atoms with Crippen LogP contribution in [0.3, 0.4) is 0 Å². The minimum absolute atomic E-state index is 0.0263. The van der Waals surface area contributed by atoms with Gasteiger partial charge in [0.05, 0.1) is 5.60 Å². The molecule has 2 N–H and O–H groups in total. The van der Waals surface area contributed by atoms with Crippen molar-refractivity contribution in [3.63, 3.8) is 0 Å². The molecule has 5 heteroatoms. The van der Waals surface area contributed by atoms with Crippen molar-refractivity contribution in [1.29, 1.82) is 0 Å². The number of nitrogens with zero attached hydrogens (tertiary/aromatic N) is 2. The molecule has 3 fully saturated rings. The fourth-order valence-corrected chi connectivity index (χ4v) is 6.75. The molecule has 2 aromatic carbocycles. The van der Waals surface area contributed by atoms with Gasteiger partial charge in [0.2, 0.25) is 5.91 Å². The number of rotatable bonds is 4. The highest BCUT2D eigenvalue weighted by molar-refractivity contribution is 5.79. The molecule has 6 rings (SSSR count). The molecule has 2 aliphatic heterocycles. The summed E-state index contributed by atoms with van der Waals surface area (Å²) in [7, 11) is 0. The number of aliphatic hydroxyl groups is 1. The molecule has 0 aromatic heterocycles. The zero-order valence-corrected chi connectivity index (χ0v) is 18.5. The van der Waals surface area contributed by atoms with Crippen LogP contribution in [-0.4, -0.2) is 57.2 Å². The Morgan fingerprint density at radius 1 is 1.03 bits per heavy atom. The van der Waals surface area contributed by atoms with Crippen LogP contribution in [0.25, 0.3) is 0 Å². The maximum atomic E-state index is 13.6. The number of phenolic OH excluding ortho intramolecular Hbond substituents is 1. The number of benzene rings is 2. The molecule has 2 bridgehead atoms. The third-order valence-corrected chi connectivity index (χ3v) is 8.64. The number of aromatic hydroxyl groups is 1. The summed E-state index contributed by atoms with van der Waals surface area (Å²) in [6, 6.07) is 15.7. The number of amides is 1. The van der Waals surface area contributed by atoms with Gasteiger partial charge in [-0.1, -0.05) is 36.4 Å². The van der Waals surface area contributed by atoms with Crippen molar-refractivity contribution in [3.8, 4) is 5.75 Å². The number of hydrogen-bond donors (Lipinski definition) is 2. The van der Waals surface area contributed by atoms with Crippen molar-refractivity contribution in [3.05, 3.63) is 65.2 Å². The number of likely N-dealkylation sites (tertiary alicyclic amines) is 2. The molecule has 0 unspecified atom stereocenters. The largest absolute Gasteiger partial charge is 0.508 e. The van der Waals surface area contributed by atoms with Gasteiger partial charge >= 0.3 is 0 Å². The van der Waals surface area contributed by atoms with Crippen molar-refractivity contribution >= 4 is 5.91 Å². The molecule has 0 spiro atoms. The van der Waals surface area contributed by atoms with E-state index in [4.69, 9.17) is 0 Å². The predicted octanol–water partition coefficient (Wildman–Crippen LogP) is 3.22. The van der Waals surface area contributed by atoms with E-state index in [-0.39, 0.29) is 17.7 Å². The fraction of sp³-hybridized carbons (Fsp3) is 0.519. The minimum atomic E-state index is -0.970. The Hall–Kier alpha value is -2.37. The molecule has 4 aliphatic rings. The average molecular weight is 433 g/mol. The first-order valence-corrected chi connectivity index (χ1v) is 12.1. The fourth-order valence-electron chi connectivity index (χ4n) is 6.75. The topological polar surface area (TPSA) is 64.0 Å². The van der Waals surface area contributed by atoms with Crippen LogP contribution in [0.1, 0.15) is 48.8 Å². The number of carbonyl (C=O) groups excluding carboxylic acids is 1. The van der Waals surface area contributed by atoms with Crippen LogP contribution in [-0.2, 0) is 23.2 Å². The SMILES string of the molecule is O=C1C[C@]23CCN(CC4CC4)[C@H](Cc4ccc(O)cc42)[C@]3(O)CCN1Cc1ccccc1. The molecule has 1 saturated carbocycles. The lowest BCUT2D eigenvalue weighted by molar-refractivity contribution is -0.153. The second kappa shape index (κ2) is 7.32. The maximum absolute atomic E-state index is 13.6. The van der Waals surface area contributed by atoms with Crippen LogP contribution in [0.15, 0.2) is 48.5 Å². The summed E-state index contributed by atoms with van der Waals surface area (Å²) in [5, 5.41) is 22.8. The van der Waals surface area contributed by atoms with Crippen molar-refractivity contribution in [2.45, 2.75) is 62.1 Å². The van der Waals surface area contributed by atoms with E-state index < -0.39 is 11.0 Å². The molecule has 2 aliphatic carbocycles. The van der Waals surface area contributed by atoms with Gasteiger partial charge in [-0.15, -0.1) is 0 Å². The molecular weight excluding hydrogens is 400 g/mol. The average Bonchev–Trinajstić information content (AvgIpc) is 3.61. The van der Waals surface area contributed by atoms with Crippen LogP contribution in [0.5, 0.6) is 5.75 Å². The zero-order chi connectivity index (χ0) is 21.9. The third kappa shape index (κ3) is 3.09. The van der Waals surface area contributed by atoms with E-state index in [1.54, 1.807) is 6.07 Å². The van der Waals surface area contributed by atoms with Crippen molar-refractivity contribution < 1.29 is 15.0 Å². The van der Waals surface area contributed by atoms with E-state index >= 15 is 0 Å². The number of phenols is 1. The van der Waals surface area contributed by atoms with Crippen LogP contribution >= 0.6 is 0 Å². The maximum Gasteiger partial charge on any atom is 0.223 e. The quantitative estimate of drug-likeness (QED) is 0.779. The molecule has 3 atom stereocenters. The predicted molar refractivity (Wildman–Crippen MR) is 122 cm³/mol. The van der Waals surface area contributed by atoms with E-state index in [9.17, 15) is 15.0 Å². The highest BCUT2D eigenvalue weighted by Gasteiger charge is 2.64. The summed E-state index contributed by atoms with van der Waals surface area (Å²) in [6.07, 6.45) is 5.01. The van der Waals surface area contributed by atoms with Crippen LogP contribution in [0.4, 0.5) is 0 Å². The van der Waals surface area contributed by atoms with Crippen molar-refractivity contribution in [2.75, 3.05) is 19.6 Å². The van der Waals surface area contributed by atoms with Gasteiger partial charge in [-0.2, -0.15) is 0 Å². The van der Waals surface area contributed by atoms with Gasteiger partial charge in [-0.05, 0) is 73.4 Å². The summed E-state index contributed by atoms with van der Waals surface area (Å²) in [5.74, 6) is 1.09. The van der Waals surface area contributed by atoms with Gasteiger partial charge in [-0.3, -0.25) is 9.69 Å². The summed E-state index contributed by atoms with van der Waals surface area (Å²) < 4.78 is 0. The number of hydrogen-bond acceptors (Lipinski definition) is 4. The second-order valence-electron chi connectivity index (χ2n) is 10.5. The summed E-state index contributed by atoms with van der Waals surface area (Å²) in [6.45, 7) is 3.10. The highest BCUT2D eigenvalue weighted by atomic mass is 16.3. The number of piperidine rings is 1. The van der Waals surface area contributed by atoms with Crippen molar-refractivity contribution in [2.24, 2.45) is 5.92 Å². The molecule has 5 nitrogen and oxygen atoms in total. The first kappa shape index (κ1) is 20.3. The van der Waals surface area contributed by atoms with E-state index in [0.29, 0.717) is 25.9 Å². The first-order chi connectivity index (χ1) is 15.5. The lowest BCUT2D eigenvalue weighted by Gasteiger charge is -2.61. The highest BCUT2D eigenvalue weighted by Crippen LogP contribution is 2.57. The standard InChI is InChI=1S/C27H32N2O3/c30-22-9-8-21-14-24-27(32)11-13-29(18-19-4-2-1-3-5-19)25(31)16-26(27,23(21)15-22)10-12-28(24)17-20-6-7-20/h1-5,8-9,15,20,24,30,32H,6-7,10-14,16-18H2/t24-,26-,27-/m1/s1. The number of carbonyl (C=O) groups is 1. The Labute approximate surface area is 189 Å². The van der Waals surface area contributed by atoms with Gasteiger partial charge in [0.15, 0.2) is 0 Å². The van der Waals surface area contributed by atoms with E-state index in [1.807, 2.05) is 35.2 Å². The Morgan fingerprint density at radius 2 is 1.84 bits per heavy atom. The van der Waals surface area contributed by atoms with E-state index in [1.165, 1.54) is 18.4 Å². The molecule has 2 aromatic rings. The molecule has 2 saturated heterocycles. The van der Waals surface area contributed by atoms with E-state index in [0.717, 1.165) is 43.0 Å². The van der Waals surface area contributed by atoms with Gasteiger partial charge in [0, 0.05) is 37.5 Å². The smallest absolute Gasteiger partial charge is 0.223 e. The zero-order valence-electron chi connectivity index (χ0n) is 18.5. The molecule has 1 amide bonds. The molecule has 168 valence electrons. The summed E-state index contributed by atoms with van der Waals surface area (Å²) >= 11 is 0. The Balaban J connectivity index is 1.41. The van der Waals surface area contributed by atoms with Gasteiger partial charge in [0.25, 0.3) is 0 Å². The molecule has 2 heterocycles. The van der Waals surface area contributed by atoms with Gasteiger partial charge in [-0.25, -0.2) is 0 Å². The third-order valence-electron chi connectivity index (χ3n) is 8.64. The lowest BCUT2D eigenvalue weighted by atomic mass is 9.52. The normalized spacial score (nSPS) is 32.2. The summed E-state index contributed by atoms with van der Waals surface area (Å²) in [5.41, 5.74) is 1.69. The monoisotopic (exact) mass is 432 g/mol. The Morgan fingerprint density at radius 3 is 2.62 bits per heavy atom. The molecule has 32 heavy (non-hydrogen) atoms. The van der Waals surface area contributed by atoms with Crippen molar-refractivity contribution in [1.82, 2.24) is 9.80 Å². The van der Waals surface area contributed by atoms with Crippen LogP contribution < -0.4 is 0 Å². The lowest BCUT2D eigenvalue weighted by Crippen LogP contribution is -2.71. The first-order valence-electron chi connectivity index (χ1n) is 12.1. The van der Waals surface area contributed by atoms with Crippen LogP contribution in [0.2, 0.25) is 0 Å². The van der Waals surface area contributed by atoms with Gasteiger partial charge in [0.1, 0.15) is 5.75 Å². The van der Waals surface area contributed by atoms with Gasteiger partial charge < -0.3 is 15.1 Å². The second-order valence-corrected chi connectivity index (χ2v) is 10.5. The Kier molecular flexibility index (Phi) is 4.63. The summed E-state index contributed by atoms with van der Waals surface area (Å²) in [4.78, 5) is 18.1. The Bertz CT molecular complexity index is 1040. The van der Waals surface area contributed by atoms with E-state index in [2.05, 4.69) is 17.0 Å². The minimum Gasteiger partial charge on any atom is -0.508 e. The van der Waals surface area contributed by atoms with Crippen LogP contribution in [0, 0.1) is 5.92 Å².